The van der Waals surface area contributed by atoms with Crippen molar-refractivity contribution in [2.24, 2.45) is 0 Å². The molecule has 0 unspecified atom stereocenters. The summed E-state index contributed by atoms with van der Waals surface area (Å²) >= 11 is 5.81. The third-order valence-corrected chi connectivity index (χ3v) is 3.57. The van der Waals surface area contributed by atoms with Crippen LogP contribution in [0.4, 0.5) is 4.79 Å². The van der Waals surface area contributed by atoms with Gasteiger partial charge in [0.15, 0.2) is 0 Å². The van der Waals surface area contributed by atoms with E-state index in [-0.39, 0.29) is 12.1 Å². The maximum absolute atomic E-state index is 11.9. The van der Waals surface area contributed by atoms with Gasteiger partial charge in [-0.05, 0) is 17.7 Å². The molecule has 104 valence electrons. The van der Waals surface area contributed by atoms with Crippen molar-refractivity contribution < 1.29 is 4.79 Å². The van der Waals surface area contributed by atoms with Crippen LogP contribution in [0.25, 0.3) is 0 Å². The smallest absolute Gasteiger partial charge is 0.317 e. The molecule has 1 fully saturated rings. The minimum Gasteiger partial charge on any atom is -0.334 e. The van der Waals surface area contributed by atoms with E-state index in [0.29, 0.717) is 24.7 Å². The topological polar surface area (TPSA) is 63.1 Å². The number of hydrogen-bond acceptors (Lipinski definition) is 3. The van der Waals surface area contributed by atoms with Crippen LogP contribution < -0.4 is 5.32 Å². The van der Waals surface area contributed by atoms with Gasteiger partial charge in [-0.2, -0.15) is 0 Å². The minimum absolute atomic E-state index is 0.0590. The van der Waals surface area contributed by atoms with Crippen molar-refractivity contribution in [3.05, 3.63) is 47.2 Å². The van der Waals surface area contributed by atoms with Crippen LogP contribution in [-0.4, -0.2) is 39.0 Å². The highest BCUT2D eigenvalue weighted by Crippen LogP contribution is 2.19. The monoisotopic (exact) mass is 291 g/mol. The Labute approximate surface area is 121 Å². The van der Waals surface area contributed by atoms with Gasteiger partial charge >= 0.3 is 6.03 Å². The summed E-state index contributed by atoms with van der Waals surface area (Å²) in [6.07, 6.45) is 3.46. The van der Waals surface area contributed by atoms with E-state index in [1.54, 1.807) is 15.8 Å². The normalized spacial score (nSPS) is 14.9. The summed E-state index contributed by atoms with van der Waals surface area (Å²) in [5.41, 5.74) is 1.02. The number of carbonyl (C=O) groups is 1. The molecule has 6 nitrogen and oxygen atoms in total. The molecule has 2 aromatic rings. The van der Waals surface area contributed by atoms with Crippen LogP contribution in [0.1, 0.15) is 11.6 Å². The first-order chi connectivity index (χ1) is 9.72. The number of nitrogens with zero attached hydrogens (tertiary/aromatic N) is 4. The first-order valence-electron chi connectivity index (χ1n) is 6.35. The zero-order chi connectivity index (χ0) is 13.9. The standard InChI is InChI=1S/C13H14ClN5O/c14-11-3-1-10(2-4-11)7-15-13(20)18-8-12(9-18)19-6-5-16-17-19/h1-6,12H,7-9H2,(H,15,20). The predicted molar refractivity (Wildman–Crippen MR) is 74.3 cm³/mol. The van der Waals surface area contributed by atoms with Gasteiger partial charge in [-0.3, -0.25) is 0 Å². The molecule has 1 saturated heterocycles. The van der Waals surface area contributed by atoms with Gasteiger partial charge in [-0.25, -0.2) is 9.48 Å². The van der Waals surface area contributed by atoms with Crippen molar-refractivity contribution in [2.75, 3.05) is 13.1 Å². The maximum Gasteiger partial charge on any atom is 0.317 e. The van der Waals surface area contributed by atoms with E-state index in [2.05, 4.69) is 15.6 Å². The van der Waals surface area contributed by atoms with Crippen molar-refractivity contribution in [1.82, 2.24) is 25.2 Å². The number of carbonyl (C=O) groups excluding carboxylic acids is 1. The number of amides is 2. The quantitative estimate of drug-likeness (QED) is 0.936. The molecule has 20 heavy (non-hydrogen) atoms. The van der Waals surface area contributed by atoms with Crippen molar-refractivity contribution in [1.29, 1.82) is 0 Å². The molecule has 2 amide bonds. The molecule has 2 heterocycles. The van der Waals surface area contributed by atoms with Crippen LogP contribution in [0.3, 0.4) is 0 Å². The number of rotatable bonds is 3. The SMILES string of the molecule is O=C(NCc1ccc(Cl)cc1)N1CC(n2ccnn2)C1. The molecule has 1 aromatic heterocycles. The second-order valence-corrected chi connectivity index (χ2v) is 5.16. The molecule has 1 N–H and O–H groups in total. The summed E-state index contributed by atoms with van der Waals surface area (Å²) in [6.45, 7) is 1.83. The number of aromatic nitrogens is 3. The van der Waals surface area contributed by atoms with Gasteiger partial charge < -0.3 is 10.2 Å². The molecule has 1 aliphatic rings. The van der Waals surface area contributed by atoms with E-state index in [0.717, 1.165) is 5.56 Å². The Bertz CT molecular complexity index is 577. The highest BCUT2D eigenvalue weighted by Gasteiger charge is 2.32. The van der Waals surface area contributed by atoms with Gasteiger partial charge in [-0.15, -0.1) is 5.10 Å². The summed E-state index contributed by atoms with van der Waals surface area (Å²) in [5, 5.41) is 11.3. The molecule has 0 bridgehead atoms. The van der Waals surface area contributed by atoms with E-state index in [9.17, 15) is 4.79 Å². The van der Waals surface area contributed by atoms with Gasteiger partial charge in [0.2, 0.25) is 0 Å². The number of halogens is 1. The zero-order valence-electron chi connectivity index (χ0n) is 10.7. The molecular formula is C13H14ClN5O. The molecule has 7 heteroatoms. The second-order valence-electron chi connectivity index (χ2n) is 4.73. The van der Waals surface area contributed by atoms with Crippen LogP contribution in [0.15, 0.2) is 36.7 Å². The Kier molecular flexibility index (Phi) is 3.56. The summed E-state index contributed by atoms with van der Waals surface area (Å²) in [6, 6.07) is 7.60. The Morgan fingerprint density at radius 3 is 2.75 bits per heavy atom. The lowest BCUT2D eigenvalue weighted by molar-refractivity contribution is 0.117. The minimum atomic E-state index is -0.0590. The van der Waals surface area contributed by atoms with Crippen molar-refractivity contribution in [3.63, 3.8) is 0 Å². The lowest BCUT2D eigenvalue weighted by atomic mass is 10.1. The molecule has 0 spiro atoms. The molecule has 1 aliphatic heterocycles. The zero-order valence-corrected chi connectivity index (χ0v) is 11.5. The molecule has 3 rings (SSSR count). The fourth-order valence-corrected chi connectivity index (χ4v) is 2.22. The second kappa shape index (κ2) is 5.50. The van der Waals surface area contributed by atoms with Crippen molar-refractivity contribution in [3.8, 4) is 0 Å². The predicted octanol–water partition coefficient (Wildman–Crippen LogP) is 1.70. The largest absolute Gasteiger partial charge is 0.334 e. The van der Waals surface area contributed by atoms with Gasteiger partial charge in [-0.1, -0.05) is 28.9 Å². The van der Waals surface area contributed by atoms with E-state index in [1.807, 2.05) is 30.5 Å². The molecule has 0 saturated carbocycles. The van der Waals surface area contributed by atoms with E-state index >= 15 is 0 Å². The summed E-state index contributed by atoms with van der Waals surface area (Å²) < 4.78 is 1.78. The molecule has 0 aliphatic carbocycles. The van der Waals surface area contributed by atoms with E-state index < -0.39 is 0 Å². The van der Waals surface area contributed by atoms with Crippen LogP contribution >= 0.6 is 11.6 Å². The highest BCUT2D eigenvalue weighted by atomic mass is 35.5. The van der Waals surface area contributed by atoms with Crippen LogP contribution in [-0.2, 0) is 6.54 Å². The average Bonchev–Trinajstić information content (AvgIpc) is 2.90. The number of hydrogen-bond donors (Lipinski definition) is 1. The Hall–Kier alpha value is -2.08. The highest BCUT2D eigenvalue weighted by molar-refractivity contribution is 6.30. The third-order valence-electron chi connectivity index (χ3n) is 3.32. The number of urea groups is 1. The summed E-state index contributed by atoms with van der Waals surface area (Å²) in [4.78, 5) is 13.7. The van der Waals surface area contributed by atoms with Crippen LogP contribution in [0.5, 0.6) is 0 Å². The van der Waals surface area contributed by atoms with E-state index in [1.165, 1.54) is 0 Å². The lowest BCUT2D eigenvalue weighted by Gasteiger charge is -2.38. The number of nitrogens with one attached hydrogen (secondary N) is 1. The Morgan fingerprint density at radius 2 is 2.10 bits per heavy atom. The first-order valence-corrected chi connectivity index (χ1v) is 6.73. The summed E-state index contributed by atoms with van der Waals surface area (Å²) in [7, 11) is 0. The Morgan fingerprint density at radius 1 is 1.35 bits per heavy atom. The van der Waals surface area contributed by atoms with Gasteiger partial charge in [0.05, 0.1) is 12.2 Å². The van der Waals surface area contributed by atoms with Crippen molar-refractivity contribution >= 4 is 17.6 Å². The number of likely N-dealkylation sites (tertiary alicyclic amines) is 1. The maximum atomic E-state index is 11.9. The molecular weight excluding hydrogens is 278 g/mol. The third kappa shape index (κ3) is 2.75. The fraction of sp³-hybridized carbons (Fsp3) is 0.308. The fourth-order valence-electron chi connectivity index (χ4n) is 2.09. The van der Waals surface area contributed by atoms with Gasteiger partial charge in [0.25, 0.3) is 0 Å². The first kappa shape index (κ1) is 12.9. The average molecular weight is 292 g/mol. The van der Waals surface area contributed by atoms with Gasteiger partial charge in [0.1, 0.15) is 0 Å². The lowest BCUT2D eigenvalue weighted by Crippen LogP contribution is -2.54. The molecule has 0 atom stereocenters. The molecule has 1 aromatic carbocycles. The van der Waals surface area contributed by atoms with Crippen molar-refractivity contribution in [2.45, 2.75) is 12.6 Å². The summed E-state index contributed by atoms with van der Waals surface area (Å²) in [5.74, 6) is 0. The van der Waals surface area contributed by atoms with Crippen LogP contribution in [0, 0.1) is 0 Å². The van der Waals surface area contributed by atoms with Crippen LogP contribution in [0.2, 0.25) is 5.02 Å². The van der Waals surface area contributed by atoms with E-state index in [4.69, 9.17) is 11.6 Å². The van der Waals surface area contributed by atoms with Gasteiger partial charge in [0, 0.05) is 30.9 Å². The number of benzene rings is 1. The molecule has 0 radical (unpaired) electrons. The Balaban J connectivity index is 1.46.